The number of hydrogen-bond donors (Lipinski definition) is 2. The predicted octanol–water partition coefficient (Wildman–Crippen LogP) is 3.97. The average Bonchev–Trinajstić information content (AvgIpc) is 3.83. The topological polar surface area (TPSA) is 131 Å². The Bertz CT molecular complexity index is 1440. The maximum Gasteiger partial charge on any atom is 0.318 e. The molecule has 1 saturated heterocycles. The van der Waals surface area contributed by atoms with Gasteiger partial charge in [0.1, 0.15) is 5.69 Å². The zero-order valence-corrected chi connectivity index (χ0v) is 22.2. The van der Waals surface area contributed by atoms with E-state index in [4.69, 9.17) is 4.98 Å². The van der Waals surface area contributed by atoms with E-state index in [-0.39, 0.29) is 55.4 Å². The Morgan fingerprint density at radius 3 is 2.60 bits per heavy atom. The maximum absolute atomic E-state index is 14.0. The zero-order chi connectivity index (χ0) is 27.6. The number of halogens is 2. The largest absolute Gasteiger partial charge is 0.342 e. The molecular formula is C27H32F2N8O3. The number of amides is 3. The molecule has 4 aliphatic rings. The molecule has 4 fully saturated rings. The third kappa shape index (κ3) is 4.79. The van der Waals surface area contributed by atoms with Crippen LogP contribution in [0.1, 0.15) is 90.9 Å². The van der Waals surface area contributed by atoms with E-state index in [9.17, 15) is 18.4 Å². The first kappa shape index (κ1) is 25.3. The van der Waals surface area contributed by atoms with Crippen LogP contribution < -0.4 is 10.6 Å². The molecule has 2 unspecified atom stereocenters. The van der Waals surface area contributed by atoms with Crippen molar-refractivity contribution in [3.8, 4) is 0 Å². The number of rotatable bonds is 8. The molecule has 13 heteroatoms. The van der Waals surface area contributed by atoms with Gasteiger partial charge in [-0.15, -0.1) is 0 Å². The molecule has 4 heterocycles. The van der Waals surface area contributed by atoms with Crippen molar-refractivity contribution >= 4 is 17.6 Å². The minimum absolute atomic E-state index is 0.0211. The summed E-state index contributed by atoms with van der Waals surface area (Å²) in [6, 6.07) is 1.45. The molecule has 0 bridgehead atoms. The van der Waals surface area contributed by atoms with Gasteiger partial charge in [0, 0.05) is 19.4 Å². The molecule has 3 saturated carbocycles. The predicted molar refractivity (Wildman–Crippen MR) is 136 cm³/mol. The van der Waals surface area contributed by atoms with Gasteiger partial charge >= 0.3 is 6.03 Å². The first-order chi connectivity index (χ1) is 19.3. The van der Waals surface area contributed by atoms with Crippen molar-refractivity contribution in [2.75, 3.05) is 6.54 Å². The van der Waals surface area contributed by atoms with Gasteiger partial charge < -0.3 is 15.5 Å². The number of alkyl halides is 2. The van der Waals surface area contributed by atoms with Crippen molar-refractivity contribution in [3.05, 3.63) is 41.1 Å². The first-order valence-electron chi connectivity index (χ1n) is 14.2. The van der Waals surface area contributed by atoms with Crippen molar-refractivity contribution in [2.45, 2.75) is 82.3 Å². The summed E-state index contributed by atoms with van der Waals surface area (Å²) in [7, 11) is 0. The van der Waals surface area contributed by atoms with Crippen LogP contribution in [0.4, 0.5) is 13.6 Å². The number of aryl methyl sites for hydroxylation is 1. The Kier molecular flexibility index (Phi) is 6.00. The van der Waals surface area contributed by atoms with E-state index in [1.54, 1.807) is 23.8 Å². The highest BCUT2D eigenvalue weighted by Crippen LogP contribution is 2.47. The molecule has 11 nitrogen and oxygen atoms in total. The number of hydrogen-bond acceptors (Lipinski definition) is 7. The fourth-order valence-electron chi connectivity index (χ4n) is 6.40. The van der Waals surface area contributed by atoms with Crippen LogP contribution in [0.25, 0.3) is 5.65 Å². The second-order valence-electron chi connectivity index (χ2n) is 11.9. The van der Waals surface area contributed by atoms with E-state index >= 15 is 0 Å². The molecule has 1 aliphatic heterocycles. The molecule has 212 valence electrons. The van der Waals surface area contributed by atoms with Crippen LogP contribution in [0.5, 0.6) is 0 Å². The molecule has 0 radical (unpaired) electrons. The van der Waals surface area contributed by atoms with Crippen LogP contribution in [0.3, 0.4) is 0 Å². The summed E-state index contributed by atoms with van der Waals surface area (Å²) in [5.41, 5.74) is 2.44. The van der Waals surface area contributed by atoms with Crippen LogP contribution in [0, 0.1) is 24.7 Å². The smallest absolute Gasteiger partial charge is 0.318 e. The van der Waals surface area contributed by atoms with Crippen molar-refractivity contribution in [3.63, 3.8) is 0 Å². The summed E-state index contributed by atoms with van der Waals surface area (Å²) < 4.78 is 34.3. The van der Waals surface area contributed by atoms with Gasteiger partial charge in [-0.3, -0.25) is 4.79 Å². The number of carbonyl (C=O) groups is 2. The minimum atomic E-state index is -2.70. The van der Waals surface area contributed by atoms with Crippen LogP contribution in [-0.4, -0.2) is 60.3 Å². The lowest BCUT2D eigenvalue weighted by molar-refractivity contribution is -0.0495. The number of urea groups is 1. The molecule has 3 aromatic heterocycles. The van der Waals surface area contributed by atoms with Crippen molar-refractivity contribution in [2.24, 2.45) is 17.8 Å². The summed E-state index contributed by atoms with van der Waals surface area (Å²) in [4.78, 5) is 32.8. The van der Waals surface area contributed by atoms with Crippen molar-refractivity contribution in [1.82, 2.24) is 40.4 Å². The molecule has 0 aromatic carbocycles. The Hall–Kier alpha value is -3.64. The van der Waals surface area contributed by atoms with Gasteiger partial charge in [0.25, 0.3) is 5.91 Å². The molecule has 3 atom stereocenters. The van der Waals surface area contributed by atoms with E-state index in [2.05, 4.69) is 30.7 Å². The second kappa shape index (κ2) is 9.48. The monoisotopic (exact) mass is 554 g/mol. The quantitative estimate of drug-likeness (QED) is 0.431. The van der Waals surface area contributed by atoms with Gasteiger partial charge in [-0.2, -0.15) is 5.10 Å². The SMILES string of the molecule is Cc1nonc1C(=O)NC(c1cn2ncc(C(C3CC3)N3C[C@@H](C4CC4)NC3=O)cc2n1)C1CCC(F)(F)CC1. The molecule has 3 amide bonds. The summed E-state index contributed by atoms with van der Waals surface area (Å²) in [6.45, 7) is 2.31. The van der Waals surface area contributed by atoms with E-state index < -0.39 is 17.9 Å². The fraction of sp³-hybridized carbons (Fsp3) is 0.630. The van der Waals surface area contributed by atoms with Crippen LogP contribution >= 0.6 is 0 Å². The Balaban J connectivity index is 1.18. The molecule has 0 spiro atoms. The first-order valence-corrected chi connectivity index (χ1v) is 14.2. The lowest BCUT2D eigenvalue weighted by Crippen LogP contribution is -2.37. The summed E-state index contributed by atoms with van der Waals surface area (Å²) in [5.74, 6) is -2.47. The molecule has 3 aliphatic carbocycles. The highest BCUT2D eigenvalue weighted by molar-refractivity contribution is 5.93. The molecular weight excluding hydrogens is 522 g/mol. The van der Waals surface area contributed by atoms with Gasteiger partial charge in [0.2, 0.25) is 5.92 Å². The van der Waals surface area contributed by atoms with E-state index in [0.717, 1.165) is 18.4 Å². The van der Waals surface area contributed by atoms with Gasteiger partial charge in [-0.1, -0.05) is 5.16 Å². The summed E-state index contributed by atoms with van der Waals surface area (Å²) >= 11 is 0. The summed E-state index contributed by atoms with van der Waals surface area (Å²) in [6.07, 6.45) is 7.99. The Labute approximate surface area is 229 Å². The number of nitrogens with one attached hydrogen (secondary N) is 2. The lowest BCUT2D eigenvalue weighted by Gasteiger charge is -2.33. The highest BCUT2D eigenvalue weighted by Gasteiger charge is 2.46. The van der Waals surface area contributed by atoms with Gasteiger partial charge in [0.05, 0.1) is 36.2 Å². The Morgan fingerprint density at radius 1 is 1.15 bits per heavy atom. The number of nitrogens with zero attached hydrogens (tertiary/aromatic N) is 6. The summed E-state index contributed by atoms with van der Waals surface area (Å²) in [5, 5.41) is 18.1. The molecule has 7 rings (SSSR count). The maximum atomic E-state index is 14.0. The lowest BCUT2D eigenvalue weighted by atomic mass is 9.81. The van der Waals surface area contributed by atoms with Crippen LogP contribution in [-0.2, 0) is 0 Å². The Morgan fingerprint density at radius 2 is 1.93 bits per heavy atom. The van der Waals surface area contributed by atoms with Crippen molar-refractivity contribution in [1.29, 1.82) is 0 Å². The molecule has 40 heavy (non-hydrogen) atoms. The fourth-order valence-corrected chi connectivity index (χ4v) is 6.40. The number of fused-ring (bicyclic) bond motifs is 1. The standard InChI is InChI=1S/C27H32F2N8O3/c1-14-22(35-40-34-14)25(38)33-23(16-6-8-27(28,29)9-7-16)20-13-37-21(31-20)10-18(11-30-37)24(17-4-5-17)36-12-19(15-2-3-15)32-26(36)39/h10-11,13,15-17,19,23-24H,2-9,12H2,1H3,(H,32,39)(H,33,38)/t19-,23?,24?/m0/s1. The third-order valence-electron chi connectivity index (χ3n) is 8.97. The van der Waals surface area contributed by atoms with Gasteiger partial charge in [-0.25, -0.2) is 27.7 Å². The third-order valence-corrected chi connectivity index (χ3v) is 8.97. The van der Waals surface area contributed by atoms with Gasteiger partial charge in [-0.05, 0) is 80.0 Å². The normalized spacial score (nSPS) is 24.7. The van der Waals surface area contributed by atoms with Gasteiger partial charge in [0.15, 0.2) is 11.3 Å². The molecule has 2 N–H and O–H groups in total. The second-order valence-corrected chi connectivity index (χ2v) is 11.9. The number of carbonyl (C=O) groups excluding carboxylic acids is 2. The van der Waals surface area contributed by atoms with E-state index in [1.807, 2.05) is 11.0 Å². The minimum Gasteiger partial charge on any atom is -0.342 e. The number of imidazole rings is 1. The van der Waals surface area contributed by atoms with Crippen LogP contribution in [0.15, 0.2) is 23.1 Å². The van der Waals surface area contributed by atoms with Crippen LogP contribution in [0.2, 0.25) is 0 Å². The van der Waals surface area contributed by atoms with E-state index in [1.165, 1.54) is 12.8 Å². The molecule has 3 aromatic rings. The van der Waals surface area contributed by atoms with Crippen molar-refractivity contribution < 1.29 is 23.0 Å². The average molecular weight is 555 g/mol. The van der Waals surface area contributed by atoms with E-state index in [0.29, 0.717) is 35.4 Å². The highest BCUT2D eigenvalue weighted by atomic mass is 19.3. The zero-order valence-electron chi connectivity index (χ0n) is 22.2. The number of aromatic nitrogens is 5.